The van der Waals surface area contributed by atoms with E-state index >= 15 is 0 Å². The number of carbonyl (C=O) groups is 1. The summed E-state index contributed by atoms with van der Waals surface area (Å²) < 4.78 is 37.3. The largest absolute Gasteiger partial charge is 0.466 e. The number of ether oxygens (including phenoxy) is 2. The van der Waals surface area contributed by atoms with Gasteiger partial charge in [-0.15, -0.1) is 24.0 Å². The van der Waals surface area contributed by atoms with Gasteiger partial charge in [0.2, 0.25) is 10.0 Å². The standard InChI is InChI=1S/C20H32N4O5S.HI/c1-4-29-19(25)17-8-11-24(12-9-17)20(21-2)22-15-16-6-5-7-18(14-16)30(26,27)23-10-13-28-3;/h5-7,14,17,23H,4,8-13,15H2,1-3H3,(H,21,22);1H. The first-order valence-electron chi connectivity index (χ1n) is 10.1. The summed E-state index contributed by atoms with van der Waals surface area (Å²) in [7, 11) is -0.352. The van der Waals surface area contributed by atoms with E-state index in [1.54, 1.807) is 25.2 Å². The number of halogens is 1. The van der Waals surface area contributed by atoms with Crippen molar-refractivity contribution in [2.24, 2.45) is 10.9 Å². The zero-order chi connectivity index (χ0) is 22.0. The van der Waals surface area contributed by atoms with Crippen LogP contribution in [0.3, 0.4) is 0 Å². The van der Waals surface area contributed by atoms with Crippen LogP contribution in [0.2, 0.25) is 0 Å². The first-order valence-corrected chi connectivity index (χ1v) is 11.6. The molecule has 11 heteroatoms. The summed E-state index contributed by atoms with van der Waals surface area (Å²) in [6, 6.07) is 6.78. The summed E-state index contributed by atoms with van der Waals surface area (Å²) >= 11 is 0. The van der Waals surface area contributed by atoms with Crippen molar-refractivity contribution in [2.45, 2.75) is 31.2 Å². The van der Waals surface area contributed by atoms with Crippen LogP contribution in [0, 0.1) is 5.92 Å². The predicted octanol–water partition coefficient (Wildman–Crippen LogP) is 1.58. The number of guanidine groups is 1. The Kier molecular flexibility index (Phi) is 12.3. The molecule has 0 saturated carbocycles. The number of aliphatic imine (C=N–C) groups is 1. The van der Waals surface area contributed by atoms with E-state index < -0.39 is 10.0 Å². The third kappa shape index (κ3) is 8.54. The second-order valence-corrected chi connectivity index (χ2v) is 8.72. The Labute approximate surface area is 202 Å². The van der Waals surface area contributed by atoms with Crippen LogP contribution >= 0.6 is 24.0 Å². The molecular weight excluding hydrogens is 535 g/mol. The molecule has 0 bridgehead atoms. The minimum atomic E-state index is -3.58. The summed E-state index contributed by atoms with van der Waals surface area (Å²) in [6.45, 7) is 4.60. The molecule has 2 rings (SSSR count). The van der Waals surface area contributed by atoms with Crippen molar-refractivity contribution in [1.82, 2.24) is 14.9 Å². The average Bonchev–Trinajstić information content (AvgIpc) is 2.75. The number of piperidine rings is 1. The molecule has 1 aliphatic heterocycles. The van der Waals surface area contributed by atoms with Crippen LogP contribution in [0.15, 0.2) is 34.2 Å². The highest BCUT2D eigenvalue weighted by Crippen LogP contribution is 2.19. The maximum atomic E-state index is 12.4. The Morgan fingerprint density at radius 3 is 2.61 bits per heavy atom. The Hall–Kier alpha value is -1.44. The van der Waals surface area contributed by atoms with Gasteiger partial charge in [-0.2, -0.15) is 0 Å². The van der Waals surface area contributed by atoms with Crippen LogP contribution in [-0.2, 0) is 30.8 Å². The number of hydrogen-bond acceptors (Lipinski definition) is 6. The number of hydrogen-bond donors (Lipinski definition) is 2. The zero-order valence-electron chi connectivity index (χ0n) is 18.3. The second-order valence-electron chi connectivity index (χ2n) is 6.95. The Morgan fingerprint density at radius 1 is 1.29 bits per heavy atom. The van der Waals surface area contributed by atoms with E-state index in [0.29, 0.717) is 32.8 Å². The summed E-state index contributed by atoms with van der Waals surface area (Å²) in [5.41, 5.74) is 0.826. The number of carbonyl (C=O) groups excluding carboxylic acids is 1. The Morgan fingerprint density at radius 2 is 2.00 bits per heavy atom. The predicted molar refractivity (Wildman–Crippen MR) is 130 cm³/mol. The zero-order valence-corrected chi connectivity index (χ0v) is 21.4. The normalized spacial score (nSPS) is 15.3. The molecule has 0 radical (unpaired) electrons. The van der Waals surface area contributed by atoms with Gasteiger partial charge in [0.15, 0.2) is 5.96 Å². The minimum Gasteiger partial charge on any atom is -0.466 e. The molecule has 0 aromatic heterocycles. The molecule has 176 valence electrons. The lowest BCUT2D eigenvalue weighted by molar-refractivity contribution is -0.149. The molecule has 1 heterocycles. The monoisotopic (exact) mass is 568 g/mol. The number of benzene rings is 1. The maximum absolute atomic E-state index is 12.4. The maximum Gasteiger partial charge on any atom is 0.309 e. The number of esters is 1. The van der Waals surface area contributed by atoms with Gasteiger partial charge < -0.3 is 19.7 Å². The van der Waals surface area contributed by atoms with Crippen molar-refractivity contribution in [3.05, 3.63) is 29.8 Å². The highest BCUT2D eigenvalue weighted by molar-refractivity contribution is 14.0. The van der Waals surface area contributed by atoms with Crippen molar-refractivity contribution in [3.63, 3.8) is 0 Å². The molecule has 0 atom stereocenters. The first kappa shape index (κ1) is 27.6. The van der Waals surface area contributed by atoms with Gasteiger partial charge in [0.1, 0.15) is 0 Å². The van der Waals surface area contributed by atoms with Crippen molar-refractivity contribution < 1.29 is 22.7 Å². The average molecular weight is 568 g/mol. The van der Waals surface area contributed by atoms with Gasteiger partial charge >= 0.3 is 5.97 Å². The van der Waals surface area contributed by atoms with E-state index in [0.717, 1.165) is 24.4 Å². The molecule has 1 aromatic carbocycles. The first-order chi connectivity index (χ1) is 14.4. The van der Waals surface area contributed by atoms with Crippen molar-refractivity contribution >= 4 is 45.9 Å². The van der Waals surface area contributed by atoms with Crippen LogP contribution < -0.4 is 10.0 Å². The van der Waals surface area contributed by atoms with Gasteiger partial charge in [0.25, 0.3) is 0 Å². The molecule has 0 aliphatic carbocycles. The highest BCUT2D eigenvalue weighted by Gasteiger charge is 2.27. The van der Waals surface area contributed by atoms with Gasteiger partial charge in [0.05, 0.1) is 24.0 Å². The summed E-state index contributed by atoms with van der Waals surface area (Å²) in [5, 5.41) is 3.28. The second kappa shape index (κ2) is 13.9. The lowest BCUT2D eigenvalue weighted by atomic mass is 9.97. The van der Waals surface area contributed by atoms with Gasteiger partial charge in [0, 0.05) is 40.3 Å². The lowest BCUT2D eigenvalue weighted by Crippen LogP contribution is -2.46. The fourth-order valence-electron chi connectivity index (χ4n) is 3.28. The molecule has 1 saturated heterocycles. The van der Waals surface area contributed by atoms with Crippen LogP contribution in [0.25, 0.3) is 0 Å². The summed E-state index contributed by atoms with van der Waals surface area (Å²) in [6.07, 6.45) is 1.45. The van der Waals surface area contributed by atoms with E-state index in [2.05, 4.69) is 19.9 Å². The van der Waals surface area contributed by atoms with E-state index in [9.17, 15) is 13.2 Å². The topological polar surface area (TPSA) is 109 Å². The van der Waals surface area contributed by atoms with E-state index in [-0.39, 0.29) is 47.3 Å². The SMILES string of the molecule is CCOC(=O)C1CCN(C(=NC)NCc2cccc(S(=O)(=O)NCCOC)c2)CC1.I. The van der Waals surface area contributed by atoms with E-state index in [1.165, 1.54) is 7.11 Å². The third-order valence-corrected chi connectivity index (χ3v) is 6.34. The molecule has 31 heavy (non-hydrogen) atoms. The lowest BCUT2D eigenvalue weighted by Gasteiger charge is -2.33. The molecule has 0 amide bonds. The fraction of sp³-hybridized carbons (Fsp3) is 0.600. The number of rotatable bonds is 9. The number of nitrogens with zero attached hydrogens (tertiary/aromatic N) is 2. The molecule has 0 unspecified atom stereocenters. The van der Waals surface area contributed by atoms with Gasteiger partial charge in [-0.3, -0.25) is 9.79 Å². The van der Waals surface area contributed by atoms with Crippen molar-refractivity contribution in [1.29, 1.82) is 0 Å². The van der Waals surface area contributed by atoms with Crippen molar-refractivity contribution in [3.8, 4) is 0 Å². The van der Waals surface area contributed by atoms with Gasteiger partial charge in [-0.25, -0.2) is 13.1 Å². The third-order valence-electron chi connectivity index (χ3n) is 4.88. The molecule has 2 N–H and O–H groups in total. The van der Waals surface area contributed by atoms with Crippen LogP contribution in [0.4, 0.5) is 0 Å². The molecule has 9 nitrogen and oxygen atoms in total. The molecular formula is C20H33IN4O5S. The van der Waals surface area contributed by atoms with Crippen LogP contribution in [-0.4, -0.2) is 72.3 Å². The number of sulfonamides is 1. The number of methoxy groups -OCH3 is 1. The Bertz CT molecular complexity index is 827. The van der Waals surface area contributed by atoms with Gasteiger partial charge in [-0.1, -0.05) is 12.1 Å². The molecule has 1 fully saturated rings. The summed E-state index contributed by atoms with van der Waals surface area (Å²) in [4.78, 5) is 18.5. The molecule has 1 aliphatic rings. The van der Waals surface area contributed by atoms with Crippen molar-refractivity contribution in [2.75, 3.05) is 47.0 Å². The van der Waals surface area contributed by atoms with Crippen LogP contribution in [0.1, 0.15) is 25.3 Å². The smallest absolute Gasteiger partial charge is 0.309 e. The summed E-state index contributed by atoms with van der Waals surface area (Å²) in [5.74, 6) is 0.535. The number of likely N-dealkylation sites (tertiary alicyclic amines) is 1. The highest BCUT2D eigenvalue weighted by atomic mass is 127. The minimum absolute atomic E-state index is 0. The van der Waals surface area contributed by atoms with Crippen LogP contribution in [0.5, 0.6) is 0 Å². The fourth-order valence-corrected chi connectivity index (χ4v) is 4.37. The number of nitrogens with one attached hydrogen (secondary N) is 2. The molecule has 1 aromatic rings. The van der Waals surface area contributed by atoms with E-state index in [4.69, 9.17) is 9.47 Å². The quantitative estimate of drug-likeness (QED) is 0.153. The molecule has 0 spiro atoms. The van der Waals surface area contributed by atoms with Gasteiger partial charge in [-0.05, 0) is 37.5 Å². The van der Waals surface area contributed by atoms with E-state index in [1.807, 2.05) is 13.0 Å². The Balaban J connectivity index is 0.00000480.